The highest BCUT2D eigenvalue weighted by Crippen LogP contribution is 2.28. The Balaban J connectivity index is 2.58. The maximum atomic E-state index is 6.16. The summed E-state index contributed by atoms with van der Waals surface area (Å²) in [6.45, 7) is 7.48. The van der Waals surface area contributed by atoms with Crippen LogP contribution in [0.1, 0.15) is 37.8 Å². The molecule has 1 atom stereocenters. The van der Waals surface area contributed by atoms with Crippen LogP contribution in [0.15, 0.2) is 0 Å². The van der Waals surface area contributed by atoms with Crippen molar-refractivity contribution in [2.45, 2.75) is 39.1 Å². The van der Waals surface area contributed by atoms with Crippen molar-refractivity contribution in [3.8, 4) is 0 Å². The van der Waals surface area contributed by atoms with Gasteiger partial charge in [-0.3, -0.25) is 4.68 Å². The molecule has 1 unspecified atom stereocenters. The third-order valence-corrected chi connectivity index (χ3v) is 3.95. The highest BCUT2D eigenvalue weighted by atomic mass is 35.5. The topological polar surface area (TPSA) is 38.9 Å². The highest BCUT2D eigenvalue weighted by Gasteiger charge is 2.24. The molecule has 0 saturated carbocycles. The van der Waals surface area contributed by atoms with Crippen LogP contribution in [0.25, 0.3) is 11.2 Å². The average molecular weight is 312 g/mol. The maximum Gasteiger partial charge on any atom is 0.159 e. The smallest absolute Gasteiger partial charge is 0.159 e. The fraction of sp³-hybridized carbons (Fsp3) is 0.733. The summed E-state index contributed by atoms with van der Waals surface area (Å²) >= 11 is 6.16. The van der Waals surface area contributed by atoms with Crippen LogP contribution in [-0.4, -0.2) is 44.9 Å². The summed E-state index contributed by atoms with van der Waals surface area (Å²) in [6, 6.07) is 0.355. The first-order valence-electron chi connectivity index (χ1n) is 7.46. The van der Waals surface area contributed by atoms with Gasteiger partial charge < -0.3 is 9.47 Å². The molecule has 2 rings (SSSR count). The number of nitrogens with zero attached hydrogens (tertiary/aromatic N) is 5. The van der Waals surface area contributed by atoms with Gasteiger partial charge in [-0.05, 0) is 33.4 Å². The first-order chi connectivity index (χ1) is 9.85. The first-order valence-corrected chi connectivity index (χ1v) is 7.99. The van der Waals surface area contributed by atoms with E-state index in [9.17, 15) is 0 Å². The van der Waals surface area contributed by atoms with Crippen LogP contribution in [0, 0.1) is 12.8 Å². The molecule has 0 N–H and O–H groups in total. The second-order valence-electron chi connectivity index (χ2n) is 6.46. The predicted octanol–water partition coefficient (Wildman–Crippen LogP) is 2.97. The zero-order valence-electron chi connectivity index (χ0n) is 13.9. The molecular weight excluding hydrogens is 286 g/mol. The molecule has 0 aromatic carbocycles. The van der Waals surface area contributed by atoms with Gasteiger partial charge in [0, 0.05) is 19.6 Å². The summed E-state index contributed by atoms with van der Waals surface area (Å²) < 4.78 is 4.22. The number of halogens is 1. The van der Waals surface area contributed by atoms with Gasteiger partial charge in [-0.15, -0.1) is 11.6 Å². The van der Waals surface area contributed by atoms with Crippen molar-refractivity contribution < 1.29 is 0 Å². The number of likely N-dealkylation sites (N-methyl/N-ethyl adjacent to an activating group) is 1. The largest absolute Gasteiger partial charge is 0.307 e. The minimum Gasteiger partial charge on any atom is -0.307 e. The lowest BCUT2D eigenvalue weighted by molar-refractivity contribution is 0.288. The Morgan fingerprint density at radius 3 is 2.48 bits per heavy atom. The van der Waals surface area contributed by atoms with Crippen LogP contribution in [0.4, 0.5) is 0 Å². The Kier molecular flexibility index (Phi) is 4.94. The highest BCUT2D eigenvalue weighted by molar-refractivity contribution is 6.16. The number of aromatic nitrogens is 4. The van der Waals surface area contributed by atoms with Gasteiger partial charge in [0.2, 0.25) is 0 Å². The van der Waals surface area contributed by atoms with Gasteiger partial charge in [-0.2, -0.15) is 5.10 Å². The summed E-state index contributed by atoms with van der Waals surface area (Å²) in [5, 5.41) is 4.50. The molecule has 0 spiro atoms. The van der Waals surface area contributed by atoms with Crippen molar-refractivity contribution in [3.63, 3.8) is 0 Å². The maximum absolute atomic E-state index is 6.16. The molecular formula is C15H26ClN5. The summed E-state index contributed by atoms with van der Waals surface area (Å²) in [6.07, 6.45) is 1.09. The van der Waals surface area contributed by atoms with E-state index in [0.717, 1.165) is 35.6 Å². The van der Waals surface area contributed by atoms with Crippen LogP contribution in [0.3, 0.4) is 0 Å². The fourth-order valence-corrected chi connectivity index (χ4v) is 3.23. The molecule has 118 valence electrons. The Morgan fingerprint density at radius 2 is 1.95 bits per heavy atom. The van der Waals surface area contributed by atoms with E-state index in [4.69, 9.17) is 16.6 Å². The van der Waals surface area contributed by atoms with Crippen LogP contribution in [-0.2, 0) is 12.9 Å². The van der Waals surface area contributed by atoms with E-state index in [0.29, 0.717) is 17.8 Å². The van der Waals surface area contributed by atoms with Crippen molar-refractivity contribution in [3.05, 3.63) is 11.5 Å². The number of fused-ring (bicyclic) bond motifs is 1. The lowest BCUT2D eigenvalue weighted by Crippen LogP contribution is -2.27. The lowest BCUT2D eigenvalue weighted by atomic mass is 10.0. The molecule has 0 aliphatic carbocycles. The second-order valence-corrected chi connectivity index (χ2v) is 6.73. The molecule has 5 nitrogen and oxygen atoms in total. The zero-order chi connectivity index (χ0) is 15.7. The average Bonchev–Trinajstić information content (AvgIpc) is 2.86. The Morgan fingerprint density at radius 1 is 1.29 bits per heavy atom. The molecule has 2 heterocycles. The molecule has 0 fully saturated rings. The standard InChI is InChI=1S/C15H26ClN5/c1-10(2)7-12(9-19(4)5)21-13(8-16)17-14-11(3)18-20(6)15(14)21/h10,12H,7-9H2,1-6H3. The van der Waals surface area contributed by atoms with Gasteiger partial charge in [0.15, 0.2) is 5.65 Å². The van der Waals surface area contributed by atoms with Crippen LogP contribution >= 0.6 is 11.6 Å². The monoisotopic (exact) mass is 311 g/mol. The molecule has 2 aromatic heterocycles. The molecule has 0 radical (unpaired) electrons. The van der Waals surface area contributed by atoms with E-state index in [1.54, 1.807) is 0 Å². The lowest BCUT2D eigenvalue weighted by Gasteiger charge is -2.26. The van der Waals surface area contributed by atoms with Crippen molar-refractivity contribution in [2.75, 3.05) is 20.6 Å². The number of alkyl halides is 1. The predicted molar refractivity (Wildman–Crippen MR) is 87.8 cm³/mol. The van der Waals surface area contributed by atoms with Gasteiger partial charge >= 0.3 is 0 Å². The molecule has 0 amide bonds. The molecule has 2 aromatic rings. The number of hydrogen-bond acceptors (Lipinski definition) is 3. The second kappa shape index (κ2) is 6.36. The molecule has 0 aliphatic heterocycles. The van der Waals surface area contributed by atoms with E-state index >= 15 is 0 Å². The Labute approximate surface area is 131 Å². The van der Waals surface area contributed by atoms with Crippen molar-refractivity contribution in [2.24, 2.45) is 13.0 Å². The van der Waals surface area contributed by atoms with Gasteiger partial charge in [-0.1, -0.05) is 13.8 Å². The van der Waals surface area contributed by atoms with Gasteiger partial charge in [0.1, 0.15) is 11.3 Å². The minimum absolute atomic E-state index is 0.355. The quantitative estimate of drug-likeness (QED) is 0.770. The third-order valence-electron chi connectivity index (χ3n) is 3.71. The summed E-state index contributed by atoms with van der Waals surface area (Å²) in [5.74, 6) is 1.98. The number of aryl methyl sites for hydroxylation is 2. The first kappa shape index (κ1) is 16.3. The van der Waals surface area contributed by atoms with Crippen molar-refractivity contribution >= 4 is 22.8 Å². The normalized spacial score (nSPS) is 13.8. The van der Waals surface area contributed by atoms with Crippen LogP contribution < -0.4 is 0 Å². The molecule has 0 bridgehead atoms. The minimum atomic E-state index is 0.355. The van der Waals surface area contributed by atoms with Crippen molar-refractivity contribution in [1.29, 1.82) is 0 Å². The van der Waals surface area contributed by atoms with Gasteiger partial charge in [-0.25, -0.2) is 4.98 Å². The van der Waals surface area contributed by atoms with Gasteiger partial charge in [0.25, 0.3) is 0 Å². The molecule has 6 heteroatoms. The Hall–Kier alpha value is -1.07. The van der Waals surface area contributed by atoms with E-state index in [2.05, 4.69) is 42.5 Å². The Bertz CT molecular complexity index is 601. The van der Waals surface area contributed by atoms with Gasteiger partial charge in [0.05, 0.1) is 11.6 Å². The van der Waals surface area contributed by atoms with Crippen LogP contribution in [0.2, 0.25) is 0 Å². The molecule has 0 aliphatic rings. The van der Waals surface area contributed by atoms with Crippen molar-refractivity contribution in [1.82, 2.24) is 24.2 Å². The number of hydrogen-bond donors (Lipinski definition) is 0. The number of imidazole rings is 1. The zero-order valence-corrected chi connectivity index (χ0v) is 14.6. The SMILES string of the molecule is Cc1nn(C)c2c1nc(CCl)n2C(CC(C)C)CN(C)C. The number of rotatable bonds is 6. The summed E-state index contributed by atoms with van der Waals surface area (Å²) in [7, 11) is 6.19. The fourth-order valence-electron chi connectivity index (χ4n) is 3.05. The van der Waals surface area contributed by atoms with E-state index < -0.39 is 0 Å². The van der Waals surface area contributed by atoms with E-state index in [1.165, 1.54) is 0 Å². The third kappa shape index (κ3) is 3.24. The summed E-state index contributed by atoms with van der Waals surface area (Å²) in [4.78, 5) is 6.94. The van der Waals surface area contributed by atoms with E-state index in [-0.39, 0.29) is 0 Å². The summed E-state index contributed by atoms with van der Waals surface area (Å²) in [5.41, 5.74) is 3.02. The molecule has 0 saturated heterocycles. The van der Waals surface area contributed by atoms with Crippen LogP contribution in [0.5, 0.6) is 0 Å². The van der Waals surface area contributed by atoms with E-state index in [1.807, 2.05) is 18.7 Å². The molecule has 21 heavy (non-hydrogen) atoms.